The van der Waals surface area contributed by atoms with E-state index >= 15 is 0 Å². The van der Waals surface area contributed by atoms with Crippen LogP contribution in [0.15, 0.2) is 77.3 Å². The van der Waals surface area contributed by atoms with Gasteiger partial charge >= 0.3 is 12.1 Å². The van der Waals surface area contributed by atoms with Gasteiger partial charge in [0.15, 0.2) is 41.2 Å². The lowest BCUT2D eigenvalue weighted by atomic mass is 9.65. The maximum Gasteiger partial charge on any atom is 0.408 e. The van der Waals surface area contributed by atoms with Crippen LogP contribution in [0.3, 0.4) is 0 Å². The molecule has 3 saturated heterocycles. The highest BCUT2D eigenvalue weighted by Crippen LogP contribution is 2.57. The summed E-state index contributed by atoms with van der Waals surface area (Å²) in [4.78, 5) is 46.4. The topological polar surface area (TPSA) is 178 Å². The molecule has 2 unspecified atom stereocenters. The van der Waals surface area contributed by atoms with Crippen molar-refractivity contribution in [2.75, 3.05) is 59.6 Å². The number of nitrogens with one attached hydrogen (secondary N) is 1. The minimum absolute atomic E-state index is 0.00728. The number of nitriles is 1. The number of alkyl halides is 3. The lowest BCUT2D eigenvalue weighted by molar-refractivity contribution is -0.159. The summed E-state index contributed by atoms with van der Waals surface area (Å²) in [5, 5.41) is 26.8. The van der Waals surface area contributed by atoms with Gasteiger partial charge in [0.05, 0.1) is 25.3 Å². The van der Waals surface area contributed by atoms with E-state index in [4.69, 9.17) is 68.0 Å². The number of amides is 1. The Balaban J connectivity index is 1.07. The molecule has 2 aliphatic carbocycles. The van der Waals surface area contributed by atoms with Crippen molar-refractivity contribution in [2.24, 2.45) is 0 Å². The predicted molar refractivity (Wildman–Crippen MR) is 249 cm³/mol. The van der Waals surface area contributed by atoms with Crippen LogP contribution >= 0.6 is 46.6 Å². The third-order valence-corrected chi connectivity index (χ3v) is 15.2. The van der Waals surface area contributed by atoms with Crippen LogP contribution in [0.4, 0.5) is 4.79 Å². The first-order valence-corrected chi connectivity index (χ1v) is 24.0. The number of aryl methyl sites for hydroxylation is 1. The van der Waals surface area contributed by atoms with Crippen molar-refractivity contribution >= 4 is 64.4 Å². The highest BCUT2D eigenvalue weighted by atomic mass is 35.6. The molecule has 15 nitrogen and oxygen atoms in total. The molecule has 7 atom stereocenters. The summed E-state index contributed by atoms with van der Waals surface area (Å²) in [6.45, 7) is 2.12. The monoisotopic (exact) mass is 994 g/mol. The van der Waals surface area contributed by atoms with Gasteiger partial charge in [0, 0.05) is 59.7 Å². The fourth-order valence-corrected chi connectivity index (χ4v) is 12.4. The molecule has 0 spiro atoms. The number of hydrogen-bond donors (Lipinski definition) is 2. The number of methoxy groups -OCH3 is 2. The number of carbonyl (C=O) groups is 3. The fourth-order valence-electron chi connectivity index (χ4n) is 11.0. The molecule has 2 N–H and O–H groups in total. The fraction of sp³-hybridized carbons (Fsp3) is 0.458. The number of nitrogens with zero attached hydrogens (tertiary/aromatic N) is 3. The minimum Gasteiger partial charge on any atom is -0.493 e. The number of fused-ring (bicyclic) bond motifs is 11. The number of ether oxygens (including phenoxy) is 7. The van der Waals surface area contributed by atoms with E-state index in [-0.39, 0.29) is 54.3 Å². The number of piperazine rings is 1. The number of esters is 1. The van der Waals surface area contributed by atoms with Gasteiger partial charge < -0.3 is 43.6 Å². The molecule has 0 radical (unpaired) electrons. The normalized spacial score (nSPS) is 25.6. The lowest BCUT2D eigenvalue weighted by Gasteiger charge is -2.62. The maximum absolute atomic E-state index is 14.6. The quantitative estimate of drug-likeness (QED) is 0.106. The highest BCUT2D eigenvalue weighted by Gasteiger charge is 2.64. The molecular formula is C48H49Cl3N4O11S. The van der Waals surface area contributed by atoms with Gasteiger partial charge in [-0.15, -0.1) is 0 Å². The largest absolute Gasteiger partial charge is 0.493 e. The van der Waals surface area contributed by atoms with E-state index in [1.165, 1.54) is 18.9 Å². The predicted octanol–water partition coefficient (Wildman–Crippen LogP) is 6.63. The number of carbonyl (C=O) groups excluding carboxylic acids is 3. The van der Waals surface area contributed by atoms with E-state index in [1.807, 2.05) is 49.2 Å². The van der Waals surface area contributed by atoms with E-state index in [1.54, 1.807) is 14.0 Å². The summed E-state index contributed by atoms with van der Waals surface area (Å²) < 4.78 is 38.9. The summed E-state index contributed by atoms with van der Waals surface area (Å²) in [7, 11) is 4.99. The van der Waals surface area contributed by atoms with Gasteiger partial charge in [-0.05, 0) is 60.7 Å². The SMILES string of the molecule is COCOc1c(OC)c(C)cc2c1[C@H]1C3CC4(O)C(=O)C(C)=C5OCOC5=C4[C@H](COC(=O)[C@@H](CSCC4c5ccccc5-c5ccccc54)NC(=O)OCC(Cl)(Cl)Cl)N3[C@@H](C#N)[C@H](C2)N1C. The van der Waals surface area contributed by atoms with Crippen molar-refractivity contribution in [3.8, 4) is 28.7 Å². The lowest BCUT2D eigenvalue weighted by Crippen LogP contribution is -2.74. The summed E-state index contributed by atoms with van der Waals surface area (Å²) in [6.07, 6.45) is -0.751. The molecule has 0 saturated carbocycles. The van der Waals surface area contributed by atoms with Crippen molar-refractivity contribution in [1.29, 1.82) is 5.26 Å². The van der Waals surface area contributed by atoms with Crippen LogP contribution in [0.1, 0.15) is 53.1 Å². The molecule has 354 valence electrons. The van der Waals surface area contributed by atoms with Gasteiger partial charge in [0.2, 0.25) is 10.6 Å². The van der Waals surface area contributed by atoms with E-state index < -0.39 is 76.7 Å². The van der Waals surface area contributed by atoms with Crippen LogP contribution in [-0.2, 0) is 39.7 Å². The zero-order valence-electron chi connectivity index (χ0n) is 37.3. The number of likely N-dealkylation sites (N-methyl/N-ethyl adjacent to an activating group) is 1. The molecule has 2 bridgehead atoms. The van der Waals surface area contributed by atoms with Crippen LogP contribution in [0.25, 0.3) is 11.1 Å². The first-order valence-electron chi connectivity index (χ1n) is 21.7. The van der Waals surface area contributed by atoms with E-state index in [0.29, 0.717) is 23.7 Å². The Morgan fingerprint density at radius 2 is 1.72 bits per heavy atom. The second-order valence-corrected chi connectivity index (χ2v) is 21.0. The maximum atomic E-state index is 14.6. The molecule has 9 rings (SSSR count). The first-order chi connectivity index (χ1) is 32.1. The van der Waals surface area contributed by atoms with Crippen LogP contribution in [0.2, 0.25) is 0 Å². The molecule has 19 heteroatoms. The van der Waals surface area contributed by atoms with Gasteiger partial charge in [-0.25, -0.2) is 9.59 Å². The van der Waals surface area contributed by atoms with Gasteiger partial charge in [-0.1, -0.05) is 89.4 Å². The number of rotatable bonds is 13. The molecule has 6 aliphatic rings. The second kappa shape index (κ2) is 18.7. The number of ketones is 1. The van der Waals surface area contributed by atoms with Crippen molar-refractivity contribution < 1.29 is 52.6 Å². The van der Waals surface area contributed by atoms with E-state index in [9.17, 15) is 24.8 Å². The highest BCUT2D eigenvalue weighted by molar-refractivity contribution is 7.99. The van der Waals surface area contributed by atoms with Crippen LogP contribution in [0, 0.1) is 18.3 Å². The Labute approximate surface area is 407 Å². The number of hydrogen-bond acceptors (Lipinski definition) is 15. The summed E-state index contributed by atoms with van der Waals surface area (Å²) in [6, 6.07) is 16.0. The number of Topliss-reactive ketones (excluding diaryl/α,β-unsaturated/α-hetero) is 1. The second-order valence-electron chi connectivity index (χ2n) is 17.4. The van der Waals surface area contributed by atoms with Crippen molar-refractivity contribution in [1.82, 2.24) is 15.1 Å². The van der Waals surface area contributed by atoms with Gasteiger partial charge in [0.25, 0.3) is 0 Å². The Kier molecular flexibility index (Phi) is 13.2. The summed E-state index contributed by atoms with van der Waals surface area (Å²) in [5.41, 5.74) is 5.22. The van der Waals surface area contributed by atoms with Crippen LogP contribution < -0.4 is 14.8 Å². The summed E-state index contributed by atoms with van der Waals surface area (Å²) in [5.74, 6) is 0.441. The van der Waals surface area contributed by atoms with Gasteiger partial charge in [-0.2, -0.15) is 17.0 Å². The van der Waals surface area contributed by atoms with Gasteiger partial charge in [0.1, 0.15) is 25.3 Å². The first kappa shape index (κ1) is 47.4. The van der Waals surface area contributed by atoms with Crippen LogP contribution in [-0.4, -0.2) is 132 Å². The zero-order valence-corrected chi connectivity index (χ0v) is 40.4. The smallest absolute Gasteiger partial charge is 0.408 e. The minimum atomic E-state index is -2.18. The molecule has 3 aromatic rings. The number of thioether (sulfide) groups is 1. The Morgan fingerprint density at radius 1 is 1.03 bits per heavy atom. The van der Waals surface area contributed by atoms with Crippen molar-refractivity contribution in [2.45, 2.75) is 78.3 Å². The third-order valence-electron chi connectivity index (χ3n) is 13.7. The van der Waals surface area contributed by atoms with Crippen LogP contribution in [0.5, 0.6) is 11.5 Å². The molecule has 3 fully saturated rings. The molecule has 67 heavy (non-hydrogen) atoms. The number of aliphatic hydroxyl groups is 1. The third kappa shape index (κ3) is 8.29. The average Bonchev–Trinajstić information content (AvgIpc) is 3.91. The Morgan fingerprint density at radius 3 is 2.37 bits per heavy atom. The molecule has 4 aliphatic heterocycles. The standard InChI is InChI=1S/C48H49Cl3N4O11S/c1-24-14-26-15-33-35(17-52)55-34(39(54(33)3)37(26)42(40(24)61-5)64-22-60-4)16-47(59)38(43-41(65-23-66-43)25(2)44(47)56)36(55)18-62-45(57)32(53-46(58)63-21-48(49,50)51)20-67-19-31-29-12-8-6-10-27(29)28-11-7-9-13-30(28)31/h6-14,31-36,39,59H,15-16,18-23H2,1-5H3,(H,53,58)/t32-,33+,34?,35+,36+,39-,47?/m1/s1. The number of alkyl carbamates (subject to hydrolysis) is 1. The number of piperidine rings is 1. The van der Waals surface area contributed by atoms with Crippen molar-refractivity contribution in [3.05, 3.63) is 105 Å². The molecule has 0 aromatic heterocycles. The van der Waals surface area contributed by atoms with Crippen molar-refractivity contribution in [3.63, 3.8) is 0 Å². The average molecular weight is 996 g/mol. The zero-order chi connectivity index (χ0) is 47.5. The van der Waals surface area contributed by atoms with E-state index in [2.05, 4.69) is 40.6 Å². The molecule has 3 aromatic carbocycles. The molecule has 4 heterocycles. The summed E-state index contributed by atoms with van der Waals surface area (Å²) >= 11 is 19.1. The molecule has 1 amide bonds. The molecular weight excluding hydrogens is 947 g/mol. The van der Waals surface area contributed by atoms with E-state index in [0.717, 1.165) is 38.9 Å². The number of halogens is 3. The Bertz CT molecular complexity index is 2570. The number of benzene rings is 3. The Hall–Kier alpha value is -4.70. The van der Waals surface area contributed by atoms with Gasteiger partial charge in [-0.3, -0.25) is 14.6 Å².